The van der Waals surface area contributed by atoms with Crippen molar-refractivity contribution in [3.05, 3.63) is 34.0 Å². The van der Waals surface area contributed by atoms with Crippen molar-refractivity contribution in [3.63, 3.8) is 0 Å². The first-order valence-corrected chi connectivity index (χ1v) is 10.9. The molecule has 0 radical (unpaired) electrons. The lowest BCUT2D eigenvalue weighted by atomic mass is 9.98. The summed E-state index contributed by atoms with van der Waals surface area (Å²) >= 11 is 10.8. The Morgan fingerprint density at radius 2 is 2.12 bits per heavy atom. The van der Waals surface area contributed by atoms with Crippen LogP contribution >= 0.6 is 39.3 Å². The number of carbonyl (C=O) groups is 2. The number of alkyl halides is 1. The third-order valence-electron chi connectivity index (χ3n) is 3.80. The number of carbonyl (C=O) groups excluding carboxylic acids is 2. The Labute approximate surface area is 171 Å². The van der Waals surface area contributed by atoms with Gasteiger partial charge in [0.1, 0.15) is 17.9 Å². The maximum absolute atomic E-state index is 13.1. The molecule has 0 aliphatic heterocycles. The summed E-state index contributed by atoms with van der Waals surface area (Å²) in [5.74, 6) is 0.0170. The second kappa shape index (κ2) is 9.81. The average molecular weight is 462 g/mol. The number of rotatable bonds is 10. The molecule has 1 atom stereocenters. The van der Waals surface area contributed by atoms with Gasteiger partial charge in [0.15, 0.2) is 5.78 Å². The van der Waals surface area contributed by atoms with Crippen LogP contribution in [0, 0.1) is 5.92 Å². The molecule has 0 saturated heterocycles. The Morgan fingerprint density at radius 1 is 1.42 bits per heavy atom. The third kappa shape index (κ3) is 5.27. The molecule has 0 amide bonds. The van der Waals surface area contributed by atoms with Crippen molar-refractivity contribution >= 4 is 50.9 Å². The highest BCUT2D eigenvalue weighted by molar-refractivity contribution is 9.10. The first kappa shape index (κ1) is 21.3. The molecule has 1 unspecified atom stereocenters. The number of thioether (sulfide) groups is 1. The molecule has 4 nitrogen and oxygen atoms in total. The number of allylic oxidation sites excluding steroid dienone is 1. The molecular formula is C19H22BrClO4S. The Kier molecular flexibility index (Phi) is 8.05. The molecule has 26 heavy (non-hydrogen) atoms. The van der Waals surface area contributed by atoms with Crippen molar-refractivity contribution in [1.29, 1.82) is 0 Å². The van der Waals surface area contributed by atoms with E-state index in [-0.39, 0.29) is 28.4 Å². The topological polar surface area (TPSA) is 52.6 Å². The summed E-state index contributed by atoms with van der Waals surface area (Å²) in [6.45, 7) is 4.35. The normalized spacial score (nSPS) is 15.5. The van der Waals surface area contributed by atoms with Crippen molar-refractivity contribution in [3.8, 4) is 5.75 Å². The van der Waals surface area contributed by atoms with Crippen molar-refractivity contribution in [2.45, 2.75) is 37.0 Å². The zero-order valence-electron chi connectivity index (χ0n) is 15.0. The summed E-state index contributed by atoms with van der Waals surface area (Å²) in [6.07, 6.45) is 4.82. The van der Waals surface area contributed by atoms with Crippen LogP contribution in [-0.2, 0) is 9.53 Å². The van der Waals surface area contributed by atoms with Crippen LogP contribution in [0.5, 0.6) is 5.75 Å². The molecule has 7 heteroatoms. The number of hydrogen-bond acceptors (Lipinski definition) is 5. The number of ether oxygens (including phenoxy) is 2. The van der Waals surface area contributed by atoms with E-state index in [2.05, 4.69) is 15.9 Å². The average Bonchev–Trinajstić information content (AvgIpc) is 3.45. The van der Waals surface area contributed by atoms with E-state index >= 15 is 0 Å². The number of benzene rings is 1. The van der Waals surface area contributed by atoms with Crippen molar-refractivity contribution < 1.29 is 19.1 Å². The molecule has 0 spiro atoms. The Morgan fingerprint density at radius 3 is 2.65 bits per heavy atom. The molecule has 2 rings (SSSR count). The highest BCUT2D eigenvalue weighted by atomic mass is 79.9. The second-order valence-corrected chi connectivity index (χ2v) is 8.42. The summed E-state index contributed by atoms with van der Waals surface area (Å²) in [7, 11) is 0. The van der Waals surface area contributed by atoms with Crippen LogP contribution in [0.1, 0.15) is 37.0 Å². The highest BCUT2D eigenvalue weighted by Gasteiger charge is 2.36. The van der Waals surface area contributed by atoms with Gasteiger partial charge in [0, 0.05) is 11.5 Å². The predicted octanol–water partition coefficient (Wildman–Crippen LogP) is 5.26. The highest BCUT2D eigenvalue weighted by Crippen LogP contribution is 2.40. The zero-order chi connectivity index (χ0) is 19.3. The molecule has 1 saturated carbocycles. The van der Waals surface area contributed by atoms with Gasteiger partial charge in [-0.15, -0.1) is 23.4 Å². The van der Waals surface area contributed by atoms with Gasteiger partial charge in [0.25, 0.3) is 0 Å². The van der Waals surface area contributed by atoms with E-state index in [1.807, 2.05) is 20.1 Å². The fraction of sp³-hybridized carbons (Fsp3) is 0.474. The maximum atomic E-state index is 13.1. The van der Waals surface area contributed by atoms with Crippen molar-refractivity contribution in [1.82, 2.24) is 0 Å². The van der Waals surface area contributed by atoms with Crippen LogP contribution in [0.4, 0.5) is 0 Å². The van der Waals surface area contributed by atoms with Crippen molar-refractivity contribution in [2.24, 2.45) is 5.92 Å². The van der Waals surface area contributed by atoms with E-state index in [0.29, 0.717) is 29.4 Å². The molecule has 1 aromatic rings. The van der Waals surface area contributed by atoms with Crippen LogP contribution in [0.2, 0.25) is 0 Å². The second-order valence-electron chi connectivity index (χ2n) is 6.00. The standard InChI is InChI=1S/C19H22BrClO4S/c1-4-24-10-14(16(22)12-5-6-12)17(23)13-7-8-15(20)18(19(13)26-3)25-9-11(2)21/h7-8,10-12H,4-6,9H2,1-3H3. The van der Waals surface area contributed by atoms with Gasteiger partial charge in [-0.3, -0.25) is 9.59 Å². The fourth-order valence-electron chi connectivity index (χ4n) is 2.35. The lowest BCUT2D eigenvalue weighted by Gasteiger charge is -2.16. The van der Waals surface area contributed by atoms with Gasteiger partial charge >= 0.3 is 0 Å². The minimum Gasteiger partial charge on any atom is -0.501 e. The van der Waals surface area contributed by atoms with Gasteiger partial charge in [0.2, 0.25) is 5.78 Å². The van der Waals surface area contributed by atoms with Crippen LogP contribution in [0.15, 0.2) is 33.3 Å². The summed E-state index contributed by atoms with van der Waals surface area (Å²) in [4.78, 5) is 26.4. The molecule has 1 aliphatic rings. The molecule has 142 valence electrons. The Balaban J connectivity index is 2.42. The molecule has 0 N–H and O–H groups in total. The smallest absolute Gasteiger partial charge is 0.200 e. The summed E-state index contributed by atoms with van der Waals surface area (Å²) in [6, 6.07) is 3.45. The van der Waals surface area contributed by atoms with Crippen LogP contribution in [0.25, 0.3) is 0 Å². The van der Waals surface area contributed by atoms with Gasteiger partial charge in [-0.25, -0.2) is 0 Å². The lowest BCUT2D eigenvalue weighted by molar-refractivity contribution is -0.116. The molecular weight excluding hydrogens is 440 g/mol. The molecule has 0 bridgehead atoms. The van der Waals surface area contributed by atoms with Gasteiger partial charge in [0.05, 0.1) is 27.6 Å². The van der Waals surface area contributed by atoms with E-state index in [1.165, 1.54) is 18.0 Å². The van der Waals surface area contributed by atoms with E-state index in [1.54, 1.807) is 12.1 Å². The summed E-state index contributed by atoms with van der Waals surface area (Å²) in [5, 5.41) is -0.166. The number of ketones is 2. The van der Waals surface area contributed by atoms with Gasteiger partial charge < -0.3 is 9.47 Å². The van der Waals surface area contributed by atoms with Crippen LogP contribution in [0.3, 0.4) is 0 Å². The SMILES string of the molecule is CCOC=C(C(=O)c1ccc(Br)c(OCC(C)Cl)c1SC)C(=O)C1CC1. The van der Waals surface area contributed by atoms with E-state index in [4.69, 9.17) is 21.1 Å². The maximum Gasteiger partial charge on any atom is 0.200 e. The van der Waals surface area contributed by atoms with Gasteiger partial charge in [-0.1, -0.05) is 0 Å². The monoisotopic (exact) mass is 460 g/mol. The molecule has 1 fully saturated rings. The fourth-order valence-corrected chi connectivity index (χ4v) is 3.73. The first-order chi connectivity index (χ1) is 12.4. The largest absolute Gasteiger partial charge is 0.501 e. The van der Waals surface area contributed by atoms with E-state index < -0.39 is 0 Å². The molecule has 1 aromatic carbocycles. The summed E-state index contributed by atoms with van der Waals surface area (Å²) < 4.78 is 11.8. The Hall–Kier alpha value is -0.980. The molecule has 0 aromatic heterocycles. The van der Waals surface area contributed by atoms with Crippen molar-refractivity contribution in [2.75, 3.05) is 19.5 Å². The molecule has 1 aliphatic carbocycles. The first-order valence-electron chi connectivity index (χ1n) is 8.44. The minimum absolute atomic E-state index is 0.0633. The predicted molar refractivity (Wildman–Crippen MR) is 109 cm³/mol. The van der Waals surface area contributed by atoms with E-state index in [0.717, 1.165) is 17.3 Å². The van der Waals surface area contributed by atoms with Gasteiger partial charge in [-0.2, -0.15) is 0 Å². The number of halogens is 2. The minimum atomic E-state index is -0.337. The quantitative estimate of drug-likeness (QED) is 0.0905. The number of Topliss-reactive ketones (excluding diaryl/α,β-unsaturated/α-hetero) is 2. The number of hydrogen-bond donors (Lipinski definition) is 0. The third-order valence-corrected chi connectivity index (χ3v) is 5.36. The van der Waals surface area contributed by atoms with Crippen LogP contribution < -0.4 is 4.74 Å². The zero-order valence-corrected chi connectivity index (χ0v) is 18.2. The van der Waals surface area contributed by atoms with Crippen LogP contribution in [-0.4, -0.2) is 36.4 Å². The van der Waals surface area contributed by atoms with Gasteiger partial charge in [-0.05, 0) is 61.0 Å². The summed E-state index contributed by atoms with van der Waals surface area (Å²) in [5.41, 5.74) is 0.529. The Bertz CT molecular complexity index is 714. The molecule has 0 heterocycles. The van der Waals surface area contributed by atoms with E-state index in [9.17, 15) is 9.59 Å². The lowest BCUT2D eigenvalue weighted by Crippen LogP contribution is -2.17.